The van der Waals surface area contributed by atoms with Gasteiger partial charge in [-0.3, -0.25) is 0 Å². The Morgan fingerprint density at radius 1 is 1.39 bits per heavy atom. The van der Waals surface area contributed by atoms with Crippen molar-refractivity contribution in [2.24, 2.45) is 0 Å². The zero-order valence-corrected chi connectivity index (χ0v) is 12.7. The molecule has 0 amide bonds. The standard InChI is InChI=1S/C13H23ClN4/c1-6-18(10(2)9-17(4)5)13-15-8-12(7-14)11(3)16-13/h8,10H,6-7,9H2,1-5H3. The van der Waals surface area contributed by atoms with Crippen LogP contribution in [-0.2, 0) is 5.88 Å². The van der Waals surface area contributed by atoms with Crippen LogP contribution < -0.4 is 4.90 Å². The summed E-state index contributed by atoms with van der Waals surface area (Å²) in [6.07, 6.45) is 1.83. The first-order chi connectivity index (χ1) is 8.49. The minimum Gasteiger partial charge on any atom is -0.337 e. The molecule has 0 aliphatic heterocycles. The smallest absolute Gasteiger partial charge is 0.225 e. The van der Waals surface area contributed by atoms with E-state index < -0.39 is 0 Å². The minimum atomic E-state index is 0.381. The van der Waals surface area contributed by atoms with Gasteiger partial charge in [0.2, 0.25) is 5.95 Å². The third kappa shape index (κ3) is 3.82. The molecule has 1 aromatic heterocycles. The molecule has 18 heavy (non-hydrogen) atoms. The van der Waals surface area contributed by atoms with E-state index in [9.17, 15) is 0 Å². The van der Waals surface area contributed by atoms with Crippen molar-refractivity contribution in [3.8, 4) is 0 Å². The molecular formula is C13H23ClN4. The van der Waals surface area contributed by atoms with E-state index in [1.54, 1.807) is 0 Å². The largest absolute Gasteiger partial charge is 0.337 e. The number of halogens is 1. The fraction of sp³-hybridized carbons (Fsp3) is 0.692. The summed E-state index contributed by atoms with van der Waals surface area (Å²) in [4.78, 5) is 13.4. The number of hydrogen-bond acceptors (Lipinski definition) is 4. The molecule has 1 heterocycles. The number of rotatable bonds is 6. The van der Waals surface area contributed by atoms with E-state index in [0.717, 1.165) is 30.3 Å². The van der Waals surface area contributed by atoms with Crippen LogP contribution in [-0.4, -0.2) is 48.1 Å². The van der Waals surface area contributed by atoms with Gasteiger partial charge in [0.15, 0.2) is 0 Å². The highest BCUT2D eigenvalue weighted by Crippen LogP contribution is 2.15. The Kier molecular flexibility index (Phi) is 5.82. The number of aryl methyl sites for hydroxylation is 1. The molecule has 1 rings (SSSR count). The number of alkyl halides is 1. The summed E-state index contributed by atoms with van der Waals surface area (Å²) in [5.41, 5.74) is 1.96. The zero-order valence-electron chi connectivity index (χ0n) is 11.9. The summed E-state index contributed by atoms with van der Waals surface area (Å²) in [5, 5.41) is 0. The highest BCUT2D eigenvalue weighted by Gasteiger charge is 2.16. The lowest BCUT2D eigenvalue weighted by atomic mass is 10.2. The van der Waals surface area contributed by atoms with Gasteiger partial charge in [0.05, 0.1) is 5.88 Å². The van der Waals surface area contributed by atoms with Crippen LogP contribution in [0.3, 0.4) is 0 Å². The van der Waals surface area contributed by atoms with Crippen LogP contribution in [0.1, 0.15) is 25.1 Å². The van der Waals surface area contributed by atoms with Gasteiger partial charge >= 0.3 is 0 Å². The van der Waals surface area contributed by atoms with Crippen LogP contribution >= 0.6 is 11.6 Å². The molecule has 0 N–H and O–H groups in total. The lowest BCUT2D eigenvalue weighted by Gasteiger charge is -2.30. The van der Waals surface area contributed by atoms with Crippen molar-refractivity contribution in [1.82, 2.24) is 14.9 Å². The van der Waals surface area contributed by atoms with Gasteiger partial charge in [-0.2, -0.15) is 0 Å². The Bertz CT molecular complexity index is 381. The molecule has 0 aromatic carbocycles. The van der Waals surface area contributed by atoms with Crippen LogP contribution in [0.4, 0.5) is 5.95 Å². The zero-order chi connectivity index (χ0) is 13.7. The molecule has 0 aliphatic rings. The fourth-order valence-corrected chi connectivity index (χ4v) is 2.29. The number of likely N-dealkylation sites (N-methyl/N-ethyl adjacent to an activating group) is 2. The van der Waals surface area contributed by atoms with Gasteiger partial charge < -0.3 is 9.80 Å². The lowest BCUT2D eigenvalue weighted by molar-refractivity contribution is 0.371. The molecule has 1 atom stereocenters. The summed E-state index contributed by atoms with van der Waals surface area (Å²) in [7, 11) is 4.15. The van der Waals surface area contributed by atoms with Gasteiger partial charge in [-0.15, -0.1) is 11.6 Å². The SMILES string of the molecule is CCN(c1ncc(CCl)c(C)n1)C(C)CN(C)C. The molecule has 4 nitrogen and oxygen atoms in total. The van der Waals surface area contributed by atoms with Gasteiger partial charge in [-0.25, -0.2) is 9.97 Å². The van der Waals surface area contributed by atoms with E-state index in [-0.39, 0.29) is 0 Å². The Hall–Kier alpha value is -0.870. The topological polar surface area (TPSA) is 32.3 Å². The number of aromatic nitrogens is 2. The van der Waals surface area contributed by atoms with Crippen molar-refractivity contribution in [3.63, 3.8) is 0 Å². The number of anilines is 1. The van der Waals surface area contributed by atoms with Crippen LogP contribution in [0.25, 0.3) is 0 Å². The molecule has 1 aromatic rings. The highest BCUT2D eigenvalue weighted by atomic mass is 35.5. The first kappa shape index (κ1) is 15.2. The van der Waals surface area contributed by atoms with Crippen molar-refractivity contribution >= 4 is 17.5 Å². The molecule has 0 spiro atoms. The van der Waals surface area contributed by atoms with Crippen molar-refractivity contribution in [1.29, 1.82) is 0 Å². The maximum atomic E-state index is 5.83. The average Bonchev–Trinajstić information content (AvgIpc) is 2.29. The molecule has 0 saturated heterocycles. The second-order valence-electron chi connectivity index (χ2n) is 4.81. The highest BCUT2D eigenvalue weighted by molar-refractivity contribution is 6.17. The van der Waals surface area contributed by atoms with E-state index in [2.05, 4.69) is 47.7 Å². The fourth-order valence-electron chi connectivity index (χ4n) is 2.03. The third-order valence-electron chi connectivity index (χ3n) is 2.97. The van der Waals surface area contributed by atoms with E-state index in [4.69, 9.17) is 11.6 Å². The first-order valence-electron chi connectivity index (χ1n) is 6.29. The Labute approximate surface area is 115 Å². The second kappa shape index (κ2) is 6.90. The Balaban J connectivity index is 2.91. The third-order valence-corrected chi connectivity index (χ3v) is 3.26. The summed E-state index contributed by atoms with van der Waals surface area (Å²) >= 11 is 5.83. The summed E-state index contributed by atoms with van der Waals surface area (Å²) in [6.45, 7) is 8.17. The minimum absolute atomic E-state index is 0.381. The van der Waals surface area contributed by atoms with Gasteiger partial charge in [0.25, 0.3) is 0 Å². The Morgan fingerprint density at radius 3 is 2.50 bits per heavy atom. The summed E-state index contributed by atoms with van der Waals surface area (Å²) < 4.78 is 0. The molecule has 0 bridgehead atoms. The van der Waals surface area contributed by atoms with Gasteiger partial charge in [-0.05, 0) is 34.9 Å². The lowest BCUT2D eigenvalue weighted by Crippen LogP contribution is -2.41. The first-order valence-corrected chi connectivity index (χ1v) is 6.82. The number of hydrogen-bond donors (Lipinski definition) is 0. The van der Waals surface area contributed by atoms with Crippen LogP contribution in [0.15, 0.2) is 6.20 Å². The molecule has 0 fully saturated rings. The van der Waals surface area contributed by atoms with Gasteiger partial charge in [-0.1, -0.05) is 0 Å². The van der Waals surface area contributed by atoms with E-state index in [0.29, 0.717) is 11.9 Å². The summed E-state index contributed by atoms with van der Waals surface area (Å²) in [5.74, 6) is 1.25. The van der Waals surface area contributed by atoms with Gasteiger partial charge in [0, 0.05) is 36.6 Å². The summed E-state index contributed by atoms with van der Waals surface area (Å²) in [6, 6.07) is 0.381. The molecular weight excluding hydrogens is 248 g/mol. The predicted octanol–water partition coefficient (Wildman–Crippen LogP) is 2.30. The molecule has 0 radical (unpaired) electrons. The average molecular weight is 271 g/mol. The van der Waals surface area contributed by atoms with Crippen molar-refractivity contribution in [3.05, 3.63) is 17.5 Å². The van der Waals surface area contributed by atoms with Crippen molar-refractivity contribution in [2.75, 3.05) is 32.1 Å². The maximum absolute atomic E-state index is 5.83. The van der Waals surface area contributed by atoms with Gasteiger partial charge in [0.1, 0.15) is 0 Å². The van der Waals surface area contributed by atoms with E-state index >= 15 is 0 Å². The monoisotopic (exact) mass is 270 g/mol. The molecule has 0 aliphatic carbocycles. The molecule has 0 saturated carbocycles. The van der Waals surface area contributed by atoms with Crippen LogP contribution in [0.2, 0.25) is 0 Å². The number of nitrogens with zero attached hydrogens (tertiary/aromatic N) is 4. The normalized spacial score (nSPS) is 12.8. The van der Waals surface area contributed by atoms with Crippen molar-refractivity contribution in [2.45, 2.75) is 32.7 Å². The van der Waals surface area contributed by atoms with E-state index in [1.165, 1.54) is 0 Å². The van der Waals surface area contributed by atoms with Crippen molar-refractivity contribution < 1.29 is 0 Å². The molecule has 5 heteroatoms. The van der Waals surface area contributed by atoms with Crippen LogP contribution in [0.5, 0.6) is 0 Å². The van der Waals surface area contributed by atoms with Crippen LogP contribution in [0, 0.1) is 6.92 Å². The predicted molar refractivity (Wildman–Crippen MR) is 77.4 cm³/mol. The quantitative estimate of drug-likeness (QED) is 0.743. The molecule has 102 valence electrons. The Morgan fingerprint density at radius 2 is 2.06 bits per heavy atom. The second-order valence-corrected chi connectivity index (χ2v) is 5.08. The maximum Gasteiger partial charge on any atom is 0.225 e. The van der Waals surface area contributed by atoms with E-state index in [1.807, 2.05) is 13.1 Å². The molecule has 1 unspecified atom stereocenters.